The number of carbonyl (C=O) groups is 1. The van der Waals surface area contributed by atoms with Crippen LogP contribution in [0.4, 0.5) is 22.0 Å². The number of carbonyl (C=O) groups excluding carboxylic acids is 1. The highest BCUT2D eigenvalue weighted by atomic mass is 32.2. The topological polar surface area (TPSA) is 88.1 Å². The molecular formula is C22H18F5N5O2S. The fraction of sp³-hybridized carbons (Fsp3) is 0.273. The normalized spacial score (nSPS) is 19.5. The van der Waals surface area contributed by atoms with E-state index in [-0.39, 0.29) is 24.4 Å². The molecule has 13 heteroatoms. The number of benzene rings is 1. The molecule has 0 aliphatic carbocycles. The lowest BCUT2D eigenvalue weighted by Crippen LogP contribution is -2.43. The summed E-state index contributed by atoms with van der Waals surface area (Å²) >= 11 is 0. The summed E-state index contributed by atoms with van der Waals surface area (Å²) in [5.74, 6) is -1.09. The van der Waals surface area contributed by atoms with Crippen LogP contribution in [-0.2, 0) is 28.5 Å². The molecule has 1 fully saturated rings. The first-order chi connectivity index (χ1) is 16.6. The molecule has 3 aromatic rings. The maximum absolute atomic E-state index is 14.1. The molecule has 3 unspecified atom stereocenters. The summed E-state index contributed by atoms with van der Waals surface area (Å²) < 4.78 is 79.5. The van der Waals surface area contributed by atoms with Crippen LogP contribution in [0.1, 0.15) is 17.8 Å². The van der Waals surface area contributed by atoms with E-state index >= 15 is 0 Å². The number of nitrogens with one attached hydrogen (secondary N) is 1. The molecule has 4 rings (SSSR count). The molecule has 0 bridgehead atoms. The van der Waals surface area contributed by atoms with Gasteiger partial charge in [0.25, 0.3) is 0 Å². The van der Waals surface area contributed by atoms with Crippen LogP contribution in [0, 0.1) is 5.82 Å². The number of rotatable bonds is 6. The van der Waals surface area contributed by atoms with E-state index in [1.54, 1.807) is 0 Å². The van der Waals surface area contributed by atoms with Crippen LogP contribution in [0.5, 0.6) is 0 Å². The molecule has 3 atom stereocenters. The van der Waals surface area contributed by atoms with E-state index in [0.29, 0.717) is 17.0 Å². The van der Waals surface area contributed by atoms with Crippen LogP contribution in [0.3, 0.4) is 0 Å². The van der Waals surface area contributed by atoms with Crippen molar-refractivity contribution >= 4 is 16.9 Å². The van der Waals surface area contributed by atoms with Crippen molar-refractivity contribution in [3.8, 4) is 11.3 Å². The van der Waals surface area contributed by atoms with Crippen molar-refractivity contribution < 1.29 is 31.0 Å². The smallest absolute Gasteiger partial charge is 0.349 e. The van der Waals surface area contributed by atoms with Crippen molar-refractivity contribution in [2.75, 3.05) is 6.54 Å². The Kier molecular flexibility index (Phi) is 7.17. The van der Waals surface area contributed by atoms with Gasteiger partial charge in [0, 0.05) is 24.7 Å². The Morgan fingerprint density at radius 2 is 1.86 bits per heavy atom. The van der Waals surface area contributed by atoms with Crippen molar-refractivity contribution in [2.45, 2.75) is 36.3 Å². The van der Waals surface area contributed by atoms with Gasteiger partial charge in [-0.2, -0.15) is 13.2 Å². The molecule has 3 heterocycles. The summed E-state index contributed by atoms with van der Waals surface area (Å²) in [5, 5.41) is 2.62. The van der Waals surface area contributed by atoms with Gasteiger partial charge in [0.1, 0.15) is 41.0 Å². The first kappa shape index (κ1) is 24.8. The Balaban J connectivity index is 1.43. The van der Waals surface area contributed by atoms with Crippen LogP contribution in [0.25, 0.3) is 11.3 Å². The summed E-state index contributed by atoms with van der Waals surface area (Å²) in [4.78, 5) is 24.5. The number of aromatic nitrogens is 3. The van der Waals surface area contributed by atoms with Crippen LogP contribution in [0.2, 0.25) is 0 Å². The van der Waals surface area contributed by atoms with Gasteiger partial charge in [-0.3, -0.25) is 9.78 Å². The highest BCUT2D eigenvalue weighted by Gasteiger charge is 2.40. The standard InChI is InChI=1S/C22H18F5N5O2S/c23-14-2-4-17(5-3-14)35(34)32-11-15(24)7-19(32)21(33)29-10-16-8-18(31-12-30-16)13-1-6-20(28-9-13)22(25,26)27/h1-6,8-9,12,15,19H,7,10-11H2,(H,29,33). The monoisotopic (exact) mass is 511 g/mol. The van der Waals surface area contributed by atoms with Gasteiger partial charge in [0.2, 0.25) is 5.91 Å². The van der Waals surface area contributed by atoms with E-state index in [1.807, 2.05) is 0 Å². The number of hydrogen-bond donors (Lipinski definition) is 1. The van der Waals surface area contributed by atoms with E-state index in [4.69, 9.17) is 0 Å². The second-order valence-electron chi connectivity index (χ2n) is 7.69. The van der Waals surface area contributed by atoms with Crippen molar-refractivity contribution in [3.63, 3.8) is 0 Å². The van der Waals surface area contributed by atoms with E-state index in [0.717, 1.165) is 24.4 Å². The zero-order chi connectivity index (χ0) is 25.2. The lowest BCUT2D eigenvalue weighted by molar-refractivity contribution is -0.141. The van der Waals surface area contributed by atoms with E-state index in [9.17, 15) is 31.0 Å². The summed E-state index contributed by atoms with van der Waals surface area (Å²) in [6.45, 7) is -0.298. The fourth-order valence-corrected chi connectivity index (χ4v) is 4.87. The molecule has 1 aliphatic heterocycles. The third-order valence-electron chi connectivity index (χ3n) is 5.25. The second kappa shape index (κ2) is 10.1. The van der Waals surface area contributed by atoms with Gasteiger partial charge in [0.15, 0.2) is 0 Å². The first-order valence-corrected chi connectivity index (χ1v) is 11.4. The minimum Gasteiger partial charge on any atom is -0.349 e. The van der Waals surface area contributed by atoms with Crippen molar-refractivity contribution in [3.05, 3.63) is 72.2 Å². The number of halogens is 5. The molecule has 35 heavy (non-hydrogen) atoms. The lowest BCUT2D eigenvalue weighted by atomic mass is 10.1. The van der Waals surface area contributed by atoms with Crippen molar-refractivity contribution in [2.24, 2.45) is 0 Å². The summed E-state index contributed by atoms with van der Waals surface area (Å²) in [6, 6.07) is 7.40. The van der Waals surface area contributed by atoms with Gasteiger partial charge < -0.3 is 5.32 Å². The highest BCUT2D eigenvalue weighted by molar-refractivity contribution is 7.82. The molecular weight excluding hydrogens is 493 g/mol. The average molecular weight is 511 g/mol. The lowest BCUT2D eigenvalue weighted by Gasteiger charge is -2.22. The second-order valence-corrected chi connectivity index (χ2v) is 9.13. The van der Waals surface area contributed by atoms with Crippen LogP contribution in [0.15, 0.2) is 59.9 Å². The van der Waals surface area contributed by atoms with Gasteiger partial charge in [-0.1, -0.05) is 0 Å². The predicted octanol–water partition coefficient (Wildman–Crippen LogP) is 3.45. The number of alkyl halides is 4. The van der Waals surface area contributed by atoms with Crippen LogP contribution in [-0.4, -0.2) is 48.1 Å². The van der Waals surface area contributed by atoms with Gasteiger partial charge in [-0.15, -0.1) is 0 Å². The molecule has 1 saturated heterocycles. The molecule has 2 aromatic heterocycles. The maximum Gasteiger partial charge on any atom is 0.433 e. The molecule has 1 aromatic carbocycles. The van der Waals surface area contributed by atoms with E-state index in [2.05, 4.69) is 20.3 Å². The molecule has 0 spiro atoms. The number of hydrogen-bond acceptors (Lipinski definition) is 5. The Morgan fingerprint density at radius 1 is 1.11 bits per heavy atom. The summed E-state index contributed by atoms with van der Waals surface area (Å²) in [7, 11) is -1.87. The Bertz CT molecular complexity index is 1220. The number of nitrogens with zero attached hydrogens (tertiary/aromatic N) is 4. The minimum absolute atomic E-state index is 0.0765. The minimum atomic E-state index is -4.56. The molecule has 1 aliphatic rings. The highest BCUT2D eigenvalue weighted by Crippen LogP contribution is 2.29. The Labute approximate surface area is 199 Å². The fourth-order valence-electron chi connectivity index (χ4n) is 3.53. The zero-order valence-corrected chi connectivity index (χ0v) is 18.7. The first-order valence-electron chi connectivity index (χ1n) is 10.3. The summed E-state index contributed by atoms with van der Waals surface area (Å²) in [6.07, 6.45) is -3.86. The van der Waals surface area contributed by atoms with Gasteiger partial charge >= 0.3 is 6.18 Å². The van der Waals surface area contributed by atoms with E-state index in [1.165, 1.54) is 34.9 Å². The zero-order valence-electron chi connectivity index (χ0n) is 17.9. The average Bonchev–Trinajstić information content (AvgIpc) is 3.24. The molecule has 0 saturated carbocycles. The third kappa shape index (κ3) is 5.85. The third-order valence-corrected chi connectivity index (χ3v) is 6.76. The molecule has 1 amide bonds. The van der Waals surface area contributed by atoms with Crippen molar-refractivity contribution in [1.29, 1.82) is 0 Å². The SMILES string of the molecule is O=C(NCc1cc(-c2ccc(C(F)(F)F)nc2)ncn1)C1CC(F)CN1S(=O)c1ccc(F)cc1. The molecule has 184 valence electrons. The molecule has 0 radical (unpaired) electrons. The van der Waals surface area contributed by atoms with Gasteiger partial charge in [0.05, 0.1) is 22.8 Å². The molecule has 1 N–H and O–H groups in total. The summed E-state index contributed by atoms with van der Waals surface area (Å²) in [5.41, 5.74) is -0.0588. The predicted molar refractivity (Wildman–Crippen MR) is 115 cm³/mol. The Hall–Kier alpha value is -3.32. The van der Waals surface area contributed by atoms with Gasteiger partial charge in [-0.05, 0) is 42.5 Å². The van der Waals surface area contributed by atoms with Gasteiger partial charge in [-0.25, -0.2) is 27.3 Å². The number of pyridine rings is 1. The van der Waals surface area contributed by atoms with Crippen LogP contribution < -0.4 is 5.32 Å². The van der Waals surface area contributed by atoms with E-state index < -0.39 is 46.8 Å². The van der Waals surface area contributed by atoms with Crippen LogP contribution >= 0.6 is 0 Å². The Morgan fingerprint density at radius 3 is 2.51 bits per heavy atom. The van der Waals surface area contributed by atoms with Crippen molar-refractivity contribution in [1.82, 2.24) is 24.6 Å². The quantitative estimate of drug-likeness (QED) is 0.513. The maximum atomic E-state index is 14.1. The largest absolute Gasteiger partial charge is 0.433 e. The molecule has 7 nitrogen and oxygen atoms in total. The number of amides is 1.